The highest BCUT2D eigenvalue weighted by atomic mass is 35.5. The number of aromatic nitrogens is 2. The molecule has 0 radical (unpaired) electrons. The number of ether oxygens (including phenoxy) is 1. The Labute approximate surface area is 115 Å². The van der Waals surface area contributed by atoms with Crippen LogP contribution in [-0.2, 0) is 9.53 Å². The highest BCUT2D eigenvalue weighted by Crippen LogP contribution is 2.19. The van der Waals surface area contributed by atoms with Gasteiger partial charge in [-0.2, -0.15) is 0 Å². The number of amides is 1. The van der Waals surface area contributed by atoms with Crippen molar-refractivity contribution in [3.8, 4) is 0 Å². The largest absolute Gasteiger partial charge is 0.469 e. The van der Waals surface area contributed by atoms with Crippen LogP contribution in [0, 0.1) is 5.92 Å². The summed E-state index contributed by atoms with van der Waals surface area (Å²) in [5.74, 6) is -0.517. The molecule has 102 valence electrons. The van der Waals surface area contributed by atoms with Gasteiger partial charge in [0.15, 0.2) is 0 Å². The van der Waals surface area contributed by atoms with Gasteiger partial charge in [0.05, 0.1) is 25.4 Å². The first-order valence-corrected chi connectivity index (χ1v) is 6.34. The lowest BCUT2D eigenvalue weighted by atomic mass is 9.97. The van der Waals surface area contributed by atoms with Gasteiger partial charge in [-0.1, -0.05) is 11.6 Å². The summed E-state index contributed by atoms with van der Waals surface area (Å²) >= 11 is 5.62. The zero-order valence-electron chi connectivity index (χ0n) is 10.5. The summed E-state index contributed by atoms with van der Waals surface area (Å²) in [4.78, 5) is 33.0. The molecule has 1 aliphatic rings. The average molecular weight is 284 g/mol. The Morgan fingerprint density at radius 3 is 2.53 bits per heavy atom. The fourth-order valence-electron chi connectivity index (χ4n) is 2.07. The molecule has 0 aliphatic carbocycles. The van der Waals surface area contributed by atoms with Gasteiger partial charge in [-0.15, -0.1) is 0 Å². The number of halogens is 1. The van der Waals surface area contributed by atoms with Crippen molar-refractivity contribution in [2.24, 2.45) is 5.92 Å². The van der Waals surface area contributed by atoms with Crippen molar-refractivity contribution < 1.29 is 14.3 Å². The number of esters is 1. The standard InChI is InChI=1S/C12H14ClN3O3/c1-19-12(18)8-2-4-16(5-3-8)11(17)9-6-15-10(13)7-14-9/h6-8H,2-5H2,1H3. The van der Waals surface area contributed by atoms with Gasteiger partial charge in [0.1, 0.15) is 10.8 Å². The highest BCUT2D eigenvalue weighted by Gasteiger charge is 2.28. The molecular formula is C12H14ClN3O3. The fraction of sp³-hybridized carbons (Fsp3) is 0.500. The van der Waals surface area contributed by atoms with E-state index in [1.165, 1.54) is 19.5 Å². The van der Waals surface area contributed by atoms with Crippen LogP contribution in [0.25, 0.3) is 0 Å². The van der Waals surface area contributed by atoms with Crippen molar-refractivity contribution in [2.75, 3.05) is 20.2 Å². The fourth-order valence-corrected chi connectivity index (χ4v) is 2.17. The van der Waals surface area contributed by atoms with E-state index in [1.54, 1.807) is 4.90 Å². The second kappa shape index (κ2) is 5.97. The van der Waals surface area contributed by atoms with Crippen molar-refractivity contribution in [3.63, 3.8) is 0 Å². The van der Waals surface area contributed by atoms with E-state index in [0.29, 0.717) is 25.9 Å². The molecule has 0 N–H and O–H groups in total. The van der Waals surface area contributed by atoms with Crippen LogP contribution < -0.4 is 0 Å². The lowest BCUT2D eigenvalue weighted by Crippen LogP contribution is -2.40. The number of hydrogen-bond acceptors (Lipinski definition) is 5. The van der Waals surface area contributed by atoms with Crippen molar-refractivity contribution in [2.45, 2.75) is 12.8 Å². The third-order valence-electron chi connectivity index (χ3n) is 3.16. The van der Waals surface area contributed by atoms with Gasteiger partial charge < -0.3 is 9.64 Å². The maximum Gasteiger partial charge on any atom is 0.308 e. The first kappa shape index (κ1) is 13.7. The summed E-state index contributed by atoms with van der Waals surface area (Å²) in [6.07, 6.45) is 3.92. The van der Waals surface area contributed by atoms with E-state index in [9.17, 15) is 9.59 Å². The first-order valence-electron chi connectivity index (χ1n) is 5.96. The van der Waals surface area contributed by atoms with Crippen LogP contribution in [-0.4, -0.2) is 46.9 Å². The second-order valence-electron chi connectivity index (χ2n) is 4.31. The number of rotatable bonds is 2. The summed E-state index contributed by atoms with van der Waals surface area (Å²) in [6.45, 7) is 1.03. The Hall–Kier alpha value is -1.69. The van der Waals surface area contributed by atoms with Crippen LogP contribution in [0.1, 0.15) is 23.3 Å². The lowest BCUT2D eigenvalue weighted by Gasteiger charge is -2.30. The molecular weight excluding hydrogens is 270 g/mol. The van der Waals surface area contributed by atoms with E-state index in [2.05, 4.69) is 9.97 Å². The van der Waals surface area contributed by atoms with Crippen LogP contribution in [0.15, 0.2) is 12.4 Å². The van der Waals surface area contributed by atoms with E-state index in [1.807, 2.05) is 0 Å². The van der Waals surface area contributed by atoms with Crippen molar-refractivity contribution in [1.82, 2.24) is 14.9 Å². The molecule has 1 aromatic rings. The number of carbonyl (C=O) groups is 2. The molecule has 0 atom stereocenters. The molecule has 1 aromatic heterocycles. The van der Waals surface area contributed by atoms with Crippen LogP contribution in [0.5, 0.6) is 0 Å². The number of carbonyl (C=O) groups excluding carboxylic acids is 2. The zero-order chi connectivity index (χ0) is 13.8. The summed E-state index contributed by atoms with van der Waals surface area (Å²) in [6, 6.07) is 0. The second-order valence-corrected chi connectivity index (χ2v) is 4.70. The molecule has 1 fully saturated rings. The molecule has 6 nitrogen and oxygen atoms in total. The molecule has 0 saturated carbocycles. The Kier molecular flexibility index (Phi) is 4.31. The van der Waals surface area contributed by atoms with E-state index in [0.717, 1.165) is 0 Å². The van der Waals surface area contributed by atoms with Gasteiger partial charge in [0.2, 0.25) is 0 Å². The van der Waals surface area contributed by atoms with Gasteiger partial charge >= 0.3 is 5.97 Å². The minimum Gasteiger partial charge on any atom is -0.469 e. The average Bonchev–Trinajstić information content (AvgIpc) is 2.46. The molecule has 1 aliphatic heterocycles. The van der Waals surface area contributed by atoms with Crippen molar-refractivity contribution in [1.29, 1.82) is 0 Å². The number of methoxy groups -OCH3 is 1. The molecule has 1 saturated heterocycles. The lowest BCUT2D eigenvalue weighted by molar-refractivity contribution is -0.146. The van der Waals surface area contributed by atoms with Crippen molar-refractivity contribution in [3.05, 3.63) is 23.2 Å². The maximum atomic E-state index is 12.1. The van der Waals surface area contributed by atoms with E-state index in [-0.39, 0.29) is 28.6 Å². The van der Waals surface area contributed by atoms with E-state index < -0.39 is 0 Å². The van der Waals surface area contributed by atoms with Gasteiger partial charge in [0.25, 0.3) is 5.91 Å². The van der Waals surface area contributed by atoms with Crippen LogP contribution in [0.2, 0.25) is 5.15 Å². The number of likely N-dealkylation sites (tertiary alicyclic amines) is 1. The smallest absolute Gasteiger partial charge is 0.308 e. The Bertz CT molecular complexity index is 470. The van der Waals surface area contributed by atoms with Gasteiger partial charge in [-0.05, 0) is 12.8 Å². The van der Waals surface area contributed by atoms with Crippen LogP contribution in [0.4, 0.5) is 0 Å². The topological polar surface area (TPSA) is 72.4 Å². The maximum absolute atomic E-state index is 12.1. The predicted octanol–water partition coefficient (Wildman–Crippen LogP) is 1.16. The highest BCUT2D eigenvalue weighted by molar-refractivity contribution is 6.29. The Balaban J connectivity index is 1.96. The van der Waals surface area contributed by atoms with E-state index in [4.69, 9.17) is 16.3 Å². The normalized spacial score (nSPS) is 16.2. The Morgan fingerprint density at radius 1 is 1.32 bits per heavy atom. The number of piperidine rings is 1. The first-order chi connectivity index (χ1) is 9.11. The molecule has 0 aromatic carbocycles. The molecule has 19 heavy (non-hydrogen) atoms. The number of hydrogen-bond donors (Lipinski definition) is 0. The Morgan fingerprint density at radius 2 is 2.00 bits per heavy atom. The zero-order valence-corrected chi connectivity index (χ0v) is 11.3. The molecule has 1 amide bonds. The third kappa shape index (κ3) is 3.20. The molecule has 0 spiro atoms. The summed E-state index contributed by atoms with van der Waals surface area (Å²) < 4.78 is 4.70. The molecule has 7 heteroatoms. The monoisotopic (exact) mass is 283 g/mol. The number of nitrogens with zero attached hydrogens (tertiary/aromatic N) is 3. The minimum atomic E-state index is -0.210. The third-order valence-corrected chi connectivity index (χ3v) is 3.35. The molecule has 0 unspecified atom stereocenters. The summed E-state index contributed by atoms with van der Waals surface area (Å²) in [7, 11) is 1.38. The minimum absolute atomic E-state index is 0.120. The predicted molar refractivity (Wildman–Crippen MR) is 67.7 cm³/mol. The summed E-state index contributed by atoms with van der Waals surface area (Å²) in [5, 5.41) is 0.251. The molecule has 0 bridgehead atoms. The molecule has 2 heterocycles. The quantitative estimate of drug-likeness (QED) is 0.762. The van der Waals surface area contributed by atoms with E-state index >= 15 is 0 Å². The van der Waals surface area contributed by atoms with Gasteiger partial charge in [-0.3, -0.25) is 9.59 Å². The summed E-state index contributed by atoms with van der Waals surface area (Å²) in [5.41, 5.74) is 0.265. The van der Waals surface area contributed by atoms with Crippen LogP contribution in [0.3, 0.4) is 0 Å². The van der Waals surface area contributed by atoms with Gasteiger partial charge in [0, 0.05) is 13.1 Å². The van der Waals surface area contributed by atoms with Crippen molar-refractivity contribution >= 4 is 23.5 Å². The SMILES string of the molecule is COC(=O)C1CCN(C(=O)c2cnc(Cl)cn2)CC1. The van der Waals surface area contributed by atoms with Gasteiger partial charge in [-0.25, -0.2) is 9.97 Å². The van der Waals surface area contributed by atoms with Crippen LogP contribution >= 0.6 is 11.6 Å². The molecule has 2 rings (SSSR count).